The monoisotopic (exact) mass is 264 g/mol. The number of hydrogen-bond acceptors (Lipinski definition) is 4. The molecule has 0 aliphatic carbocycles. The Morgan fingerprint density at radius 2 is 2.33 bits per heavy atom. The summed E-state index contributed by atoms with van der Waals surface area (Å²) in [5, 5.41) is 4.63. The van der Waals surface area contributed by atoms with Crippen molar-refractivity contribution in [3.8, 4) is 17.1 Å². The molecule has 7 heteroatoms. The van der Waals surface area contributed by atoms with Crippen molar-refractivity contribution in [3.05, 3.63) is 29.0 Å². The molecule has 0 fully saturated rings. The zero-order valence-electron chi connectivity index (χ0n) is 9.26. The average molecular weight is 265 g/mol. The normalized spacial score (nSPS) is 13.2. The smallest absolute Gasteiger partial charge is 0.288 e. The molecule has 0 saturated carbocycles. The van der Waals surface area contributed by atoms with Gasteiger partial charge in [-0.3, -0.25) is 4.79 Å². The van der Waals surface area contributed by atoms with Gasteiger partial charge in [0.05, 0.1) is 12.1 Å². The van der Waals surface area contributed by atoms with E-state index in [4.69, 9.17) is 22.1 Å². The maximum absolute atomic E-state index is 11.1. The Labute approximate surface area is 107 Å². The molecular weight excluding hydrogens is 256 g/mol. The molecular formula is C11H9ClN4O2. The Bertz CT molecular complexity index is 638. The molecule has 1 aromatic carbocycles. The van der Waals surface area contributed by atoms with Gasteiger partial charge in [0, 0.05) is 5.02 Å². The van der Waals surface area contributed by atoms with Crippen LogP contribution in [0.25, 0.3) is 11.4 Å². The standard InChI is InChI=1S/C11H9ClN4O2/c12-6-1-2-7-8(5-6)18-4-3-16-11(7)14-10(15-16)9(13)17/h1-2,5H,3-4H2,(H2,13,17). The van der Waals surface area contributed by atoms with Crippen LogP contribution in [0.3, 0.4) is 0 Å². The molecule has 18 heavy (non-hydrogen) atoms. The Morgan fingerprint density at radius 3 is 3.11 bits per heavy atom. The topological polar surface area (TPSA) is 83.0 Å². The fourth-order valence-electron chi connectivity index (χ4n) is 1.84. The molecule has 0 atom stereocenters. The molecule has 3 rings (SSSR count). The average Bonchev–Trinajstić information content (AvgIpc) is 2.67. The van der Waals surface area contributed by atoms with Crippen LogP contribution in [-0.2, 0) is 6.54 Å². The fraction of sp³-hybridized carbons (Fsp3) is 0.182. The van der Waals surface area contributed by atoms with E-state index in [-0.39, 0.29) is 5.82 Å². The molecule has 6 nitrogen and oxygen atoms in total. The van der Waals surface area contributed by atoms with Crippen LogP contribution in [0.1, 0.15) is 10.6 Å². The van der Waals surface area contributed by atoms with Crippen LogP contribution in [0, 0.1) is 0 Å². The van der Waals surface area contributed by atoms with Crippen LogP contribution in [0.15, 0.2) is 18.2 Å². The zero-order chi connectivity index (χ0) is 12.7. The van der Waals surface area contributed by atoms with E-state index in [0.717, 1.165) is 5.56 Å². The van der Waals surface area contributed by atoms with E-state index < -0.39 is 5.91 Å². The van der Waals surface area contributed by atoms with Crippen molar-refractivity contribution >= 4 is 17.5 Å². The summed E-state index contributed by atoms with van der Waals surface area (Å²) in [5.41, 5.74) is 5.93. The SMILES string of the molecule is NC(=O)c1nc2n(n1)CCOc1cc(Cl)ccc1-2. The second-order valence-electron chi connectivity index (χ2n) is 3.84. The fourth-order valence-corrected chi connectivity index (χ4v) is 2.01. The molecule has 0 unspecified atom stereocenters. The van der Waals surface area contributed by atoms with Gasteiger partial charge in [-0.05, 0) is 18.2 Å². The quantitative estimate of drug-likeness (QED) is 0.836. The summed E-state index contributed by atoms with van der Waals surface area (Å²) in [6.45, 7) is 0.934. The molecule has 0 spiro atoms. The van der Waals surface area contributed by atoms with E-state index in [0.29, 0.717) is 29.7 Å². The van der Waals surface area contributed by atoms with Gasteiger partial charge in [0.25, 0.3) is 5.91 Å². The number of carbonyl (C=O) groups is 1. The van der Waals surface area contributed by atoms with Gasteiger partial charge >= 0.3 is 0 Å². The van der Waals surface area contributed by atoms with E-state index in [1.54, 1.807) is 22.9 Å². The Balaban J connectivity index is 2.20. The third-order valence-corrected chi connectivity index (χ3v) is 2.87. The molecule has 1 aliphatic heterocycles. The minimum absolute atomic E-state index is 0.00722. The van der Waals surface area contributed by atoms with Crippen LogP contribution in [0.2, 0.25) is 5.02 Å². The predicted molar refractivity (Wildman–Crippen MR) is 64.5 cm³/mol. The number of nitrogens with zero attached hydrogens (tertiary/aromatic N) is 3. The summed E-state index contributed by atoms with van der Waals surface area (Å²) in [6, 6.07) is 5.23. The van der Waals surface area contributed by atoms with Crippen LogP contribution in [-0.4, -0.2) is 27.3 Å². The number of primary amides is 1. The minimum atomic E-state index is -0.646. The lowest BCUT2D eigenvalue weighted by Gasteiger charge is -2.05. The lowest BCUT2D eigenvalue weighted by atomic mass is 10.2. The number of carbonyl (C=O) groups excluding carboxylic acids is 1. The number of benzene rings is 1. The summed E-state index contributed by atoms with van der Waals surface area (Å²) in [4.78, 5) is 15.2. The molecule has 1 amide bonds. The second kappa shape index (κ2) is 3.99. The van der Waals surface area contributed by atoms with Gasteiger partial charge in [0.15, 0.2) is 5.82 Å². The number of halogens is 1. The van der Waals surface area contributed by atoms with E-state index in [1.165, 1.54) is 0 Å². The Hall–Kier alpha value is -2.08. The van der Waals surface area contributed by atoms with Crippen molar-refractivity contribution in [2.45, 2.75) is 6.54 Å². The van der Waals surface area contributed by atoms with Crippen molar-refractivity contribution in [1.29, 1.82) is 0 Å². The first-order valence-corrected chi connectivity index (χ1v) is 5.70. The number of aromatic nitrogens is 3. The predicted octanol–water partition coefficient (Wildman–Crippen LogP) is 1.09. The van der Waals surface area contributed by atoms with Crippen LogP contribution >= 0.6 is 11.6 Å². The van der Waals surface area contributed by atoms with Crippen LogP contribution in [0.5, 0.6) is 5.75 Å². The molecule has 0 radical (unpaired) electrons. The summed E-state index contributed by atoms with van der Waals surface area (Å²) >= 11 is 5.92. The lowest BCUT2D eigenvalue weighted by molar-refractivity contribution is 0.0990. The molecule has 2 N–H and O–H groups in total. The van der Waals surface area contributed by atoms with Crippen LogP contribution < -0.4 is 10.5 Å². The van der Waals surface area contributed by atoms with Crippen molar-refractivity contribution in [2.75, 3.05) is 6.61 Å². The lowest BCUT2D eigenvalue weighted by Crippen LogP contribution is -2.14. The van der Waals surface area contributed by atoms with Crippen molar-refractivity contribution in [2.24, 2.45) is 5.73 Å². The number of ether oxygens (including phenoxy) is 1. The molecule has 2 aromatic rings. The zero-order valence-corrected chi connectivity index (χ0v) is 10.0. The Morgan fingerprint density at radius 1 is 1.50 bits per heavy atom. The Kier molecular flexibility index (Phi) is 2.45. The van der Waals surface area contributed by atoms with E-state index in [9.17, 15) is 4.79 Å². The molecule has 1 aromatic heterocycles. The third kappa shape index (κ3) is 1.70. The number of hydrogen-bond donors (Lipinski definition) is 1. The van der Waals surface area contributed by atoms with Crippen molar-refractivity contribution < 1.29 is 9.53 Å². The second-order valence-corrected chi connectivity index (χ2v) is 4.27. The maximum atomic E-state index is 11.1. The summed E-state index contributed by atoms with van der Waals surface area (Å²) < 4.78 is 7.18. The largest absolute Gasteiger partial charge is 0.491 e. The van der Waals surface area contributed by atoms with E-state index in [1.807, 2.05) is 0 Å². The third-order valence-electron chi connectivity index (χ3n) is 2.64. The first-order chi connectivity index (χ1) is 8.65. The minimum Gasteiger partial charge on any atom is -0.491 e. The van der Waals surface area contributed by atoms with E-state index >= 15 is 0 Å². The number of amides is 1. The van der Waals surface area contributed by atoms with Crippen molar-refractivity contribution in [1.82, 2.24) is 14.8 Å². The van der Waals surface area contributed by atoms with Gasteiger partial charge in [0.2, 0.25) is 5.82 Å². The number of rotatable bonds is 1. The van der Waals surface area contributed by atoms with Gasteiger partial charge < -0.3 is 10.5 Å². The first kappa shape index (κ1) is 11.0. The highest BCUT2D eigenvalue weighted by atomic mass is 35.5. The van der Waals surface area contributed by atoms with Gasteiger partial charge in [-0.2, -0.15) is 0 Å². The molecule has 0 saturated heterocycles. The van der Waals surface area contributed by atoms with Gasteiger partial charge in [0.1, 0.15) is 12.4 Å². The maximum Gasteiger partial charge on any atom is 0.288 e. The molecule has 0 bridgehead atoms. The number of fused-ring (bicyclic) bond motifs is 3. The van der Waals surface area contributed by atoms with Crippen LogP contribution in [0.4, 0.5) is 0 Å². The summed E-state index contributed by atoms with van der Waals surface area (Å²) in [6.07, 6.45) is 0. The van der Waals surface area contributed by atoms with Gasteiger partial charge in [-0.15, -0.1) is 5.10 Å². The molecule has 92 valence electrons. The highest BCUT2D eigenvalue weighted by Crippen LogP contribution is 2.33. The first-order valence-electron chi connectivity index (χ1n) is 5.32. The summed E-state index contributed by atoms with van der Waals surface area (Å²) in [5.74, 6) is 0.553. The summed E-state index contributed by atoms with van der Waals surface area (Å²) in [7, 11) is 0. The number of nitrogens with two attached hydrogens (primary N) is 1. The molecule has 1 aliphatic rings. The highest BCUT2D eigenvalue weighted by Gasteiger charge is 2.21. The van der Waals surface area contributed by atoms with Crippen molar-refractivity contribution in [3.63, 3.8) is 0 Å². The highest BCUT2D eigenvalue weighted by molar-refractivity contribution is 6.30. The molecule has 2 heterocycles. The van der Waals surface area contributed by atoms with E-state index in [2.05, 4.69) is 10.1 Å². The van der Waals surface area contributed by atoms with Gasteiger partial charge in [-0.1, -0.05) is 11.6 Å². The van der Waals surface area contributed by atoms with Gasteiger partial charge in [-0.25, -0.2) is 9.67 Å².